The molecule has 0 aromatic heterocycles. The van der Waals surface area contributed by atoms with E-state index in [1.165, 1.54) is 12.1 Å². The number of aromatic hydroxyl groups is 3. The molecule has 0 unspecified atom stereocenters. The van der Waals surface area contributed by atoms with E-state index in [9.17, 15) is 38.1 Å². The number of carbonyl (C=O) groups excluding carboxylic acids is 2. The zero-order chi connectivity index (χ0) is 20.2. The molecule has 0 atom stereocenters. The van der Waals surface area contributed by atoms with E-state index in [-0.39, 0.29) is 18.7 Å². The van der Waals surface area contributed by atoms with Crippen molar-refractivity contribution in [1.82, 2.24) is 10.6 Å². The normalized spacial score (nSPS) is 11.1. The van der Waals surface area contributed by atoms with Gasteiger partial charge in [0.1, 0.15) is 0 Å². The minimum Gasteiger partial charge on any atom is -0.504 e. The van der Waals surface area contributed by atoms with E-state index in [2.05, 4.69) is 10.6 Å². The molecule has 2 rings (SSSR count). The maximum Gasteiger partial charge on any atom is 0.417 e. The van der Waals surface area contributed by atoms with Crippen molar-refractivity contribution in [3.05, 3.63) is 53.1 Å². The van der Waals surface area contributed by atoms with Gasteiger partial charge in [0.2, 0.25) is 0 Å². The molecule has 0 radical (unpaired) electrons. The molecule has 2 amide bonds. The lowest BCUT2D eigenvalue weighted by Crippen LogP contribution is -2.35. The first-order valence-corrected chi connectivity index (χ1v) is 7.59. The number of alkyl halides is 3. The Labute approximate surface area is 151 Å². The second kappa shape index (κ2) is 7.85. The molecule has 2 aromatic carbocycles. The smallest absolute Gasteiger partial charge is 0.417 e. The van der Waals surface area contributed by atoms with Crippen molar-refractivity contribution in [3.8, 4) is 17.2 Å². The first-order chi connectivity index (χ1) is 12.6. The van der Waals surface area contributed by atoms with Crippen molar-refractivity contribution in [2.24, 2.45) is 0 Å². The van der Waals surface area contributed by atoms with Gasteiger partial charge in [0.05, 0.1) is 11.1 Å². The summed E-state index contributed by atoms with van der Waals surface area (Å²) in [6.07, 6.45) is -4.68. The van der Waals surface area contributed by atoms with Crippen LogP contribution >= 0.6 is 0 Å². The van der Waals surface area contributed by atoms with Crippen LogP contribution in [0.15, 0.2) is 36.4 Å². The Morgan fingerprint density at radius 3 is 1.96 bits per heavy atom. The molecule has 2 aromatic rings. The highest BCUT2D eigenvalue weighted by molar-refractivity contribution is 5.96. The Bertz CT molecular complexity index is 845. The fraction of sp³-hybridized carbons (Fsp3) is 0.176. The monoisotopic (exact) mass is 384 g/mol. The highest BCUT2D eigenvalue weighted by Crippen LogP contribution is 2.35. The summed E-state index contributed by atoms with van der Waals surface area (Å²) in [6.45, 7) is -0.284. The van der Waals surface area contributed by atoms with Crippen LogP contribution in [0.5, 0.6) is 17.2 Å². The Hall–Kier alpha value is -3.43. The Kier molecular flexibility index (Phi) is 5.78. The van der Waals surface area contributed by atoms with Gasteiger partial charge in [-0.1, -0.05) is 12.1 Å². The fourth-order valence-corrected chi connectivity index (χ4v) is 2.21. The third kappa shape index (κ3) is 4.81. The minimum atomic E-state index is -4.68. The number of rotatable bonds is 5. The van der Waals surface area contributed by atoms with Gasteiger partial charge in [0.25, 0.3) is 11.8 Å². The molecule has 0 saturated carbocycles. The predicted octanol–water partition coefficient (Wildman–Crippen LogP) is 1.98. The minimum absolute atomic E-state index is 0.124. The molecule has 0 spiro atoms. The van der Waals surface area contributed by atoms with Crippen LogP contribution in [-0.2, 0) is 6.18 Å². The number of halogens is 3. The third-order valence-electron chi connectivity index (χ3n) is 3.51. The maximum absolute atomic E-state index is 12.9. The molecule has 0 heterocycles. The summed E-state index contributed by atoms with van der Waals surface area (Å²) >= 11 is 0. The van der Waals surface area contributed by atoms with Gasteiger partial charge in [-0.15, -0.1) is 0 Å². The molecule has 0 aliphatic carbocycles. The van der Waals surface area contributed by atoms with E-state index in [0.717, 1.165) is 24.3 Å². The topological polar surface area (TPSA) is 119 Å². The number of benzene rings is 2. The average Bonchev–Trinajstić information content (AvgIpc) is 2.61. The summed E-state index contributed by atoms with van der Waals surface area (Å²) in [6, 6.07) is 6.14. The number of amides is 2. The largest absolute Gasteiger partial charge is 0.504 e. The molecule has 5 N–H and O–H groups in total. The molecule has 0 aliphatic rings. The summed E-state index contributed by atoms with van der Waals surface area (Å²) in [4.78, 5) is 23.8. The highest BCUT2D eigenvalue weighted by Gasteiger charge is 2.34. The lowest BCUT2D eigenvalue weighted by molar-refractivity contribution is -0.137. The van der Waals surface area contributed by atoms with Gasteiger partial charge < -0.3 is 26.0 Å². The van der Waals surface area contributed by atoms with Crippen LogP contribution in [0.3, 0.4) is 0 Å². The van der Waals surface area contributed by atoms with E-state index < -0.39 is 46.4 Å². The summed E-state index contributed by atoms with van der Waals surface area (Å²) in [5.41, 5.74) is -1.76. The highest BCUT2D eigenvalue weighted by atomic mass is 19.4. The van der Waals surface area contributed by atoms with Gasteiger partial charge in [0, 0.05) is 18.7 Å². The van der Waals surface area contributed by atoms with Crippen molar-refractivity contribution >= 4 is 11.8 Å². The van der Waals surface area contributed by atoms with Crippen LogP contribution in [0.2, 0.25) is 0 Å². The number of hydrogen-bond donors (Lipinski definition) is 5. The first kappa shape index (κ1) is 19.9. The molecule has 10 heteroatoms. The quantitative estimate of drug-likeness (QED) is 0.399. The van der Waals surface area contributed by atoms with Crippen LogP contribution in [0.4, 0.5) is 13.2 Å². The number of nitrogens with one attached hydrogen (secondary N) is 2. The average molecular weight is 384 g/mol. The third-order valence-corrected chi connectivity index (χ3v) is 3.51. The van der Waals surface area contributed by atoms with Crippen molar-refractivity contribution in [1.29, 1.82) is 0 Å². The molecular formula is C17H15F3N2O5. The Morgan fingerprint density at radius 1 is 0.889 bits per heavy atom. The summed E-state index contributed by atoms with van der Waals surface area (Å²) < 4.78 is 38.7. The lowest BCUT2D eigenvalue weighted by atomic mass is 10.1. The van der Waals surface area contributed by atoms with Gasteiger partial charge in [-0.25, -0.2) is 0 Å². The summed E-state index contributed by atoms with van der Waals surface area (Å²) in [5, 5.41) is 32.5. The summed E-state index contributed by atoms with van der Waals surface area (Å²) in [5.74, 6) is -3.85. The standard InChI is InChI=1S/C17H15F3N2O5/c18-17(19,20)11-4-2-1-3-10(11)16(27)22-6-5-21-15(26)9-7-12(23)14(25)13(24)8-9/h1-4,7-8,23-25H,5-6H2,(H,21,26)(H,22,27). The van der Waals surface area contributed by atoms with E-state index in [4.69, 9.17) is 0 Å². The number of carbonyl (C=O) groups is 2. The van der Waals surface area contributed by atoms with E-state index in [0.29, 0.717) is 0 Å². The summed E-state index contributed by atoms with van der Waals surface area (Å²) in [7, 11) is 0. The van der Waals surface area contributed by atoms with Gasteiger partial charge in [-0.05, 0) is 24.3 Å². The van der Waals surface area contributed by atoms with E-state index in [1.807, 2.05) is 0 Å². The maximum atomic E-state index is 12.9. The molecular weight excluding hydrogens is 369 g/mol. The van der Waals surface area contributed by atoms with Crippen molar-refractivity contribution < 1.29 is 38.1 Å². The van der Waals surface area contributed by atoms with E-state index in [1.54, 1.807) is 0 Å². The molecule has 7 nitrogen and oxygen atoms in total. The Balaban J connectivity index is 1.92. The first-order valence-electron chi connectivity index (χ1n) is 7.59. The number of phenolic OH excluding ortho intramolecular Hbond substituents is 3. The van der Waals surface area contributed by atoms with Crippen molar-refractivity contribution in [2.45, 2.75) is 6.18 Å². The molecule has 0 fully saturated rings. The van der Waals surface area contributed by atoms with Crippen LogP contribution in [0.1, 0.15) is 26.3 Å². The molecule has 0 bridgehead atoms. The van der Waals surface area contributed by atoms with Gasteiger partial charge >= 0.3 is 6.18 Å². The van der Waals surface area contributed by atoms with Crippen LogP contribution in [0.25, 0.3) is 0 Å². The Morgan fingerprint density at radius 2 is 1.41 bits per heavy atom. The fourth-order valence-electron chi connectivity index (χ4n) is 2.21. The number of hydrogen-bond acceptors (Lipinski definition) is 5. The van der Waals surface area contributed by atoms with Crippen molar-refractivity contribution in [2.75, 3.05) is 13.1 Å². The number of phenols is 3. The van der Waals surface area contributed by atoms with Crippen LogP contribution in [0, 0.1) is 0 Å². The van der Waals surface area contributed by atoms with Gasteiger partial charge in [-0.2, -0.15) is 13.2 Å². The molecule has 0 saturated heterocycles. The van der Waals surface area contributed by atoms with E-state index >= 15 is 0 Å². The molecule has 27 heavy (non-hydrogen) atoms. The lowest BCUT2D eigenvalue weighted by Gasteiger charge is -2.13. The molecule has 0 aliphatic heterocycles. The second-order valence-electron chi connectivity index (χ2n) is 5.42. The van der Waals surface area contributed by atoms with Crippen LogP contribution < -0.4 is 10.6 Å². The van der Waals surface area contributed by atoms with Gasteiger partial charge in [-0.3, -0.25) is 9.59 Å². The second-order valence-corrected chi connectivity index (χ2v) is 5.42. The van der Waals surface area contributed by atoms with Gasteiger partial charge in [0.15, 0.2) is 17.2 Å². The zero-order valence-corrected chi connectivity index (χ0v) is 13.7. The zero-order valence-electron chi connectivity index (χ0n) is 13.7. The predicted molar refractivity (Wildman–Crippen MR) is 87.5 cm³/mol. The molecule has 144 valence electrons. The van der Waals surface area contributed by atoms with Crippen LogP contribution in [-0.4, -0.2) is 40.2 Å². The van der Waals surface area contributed by atoms with Crippen molar-refractivity contribution in [3.63, 3.8) is 0 Å². The SMILES string of the molecule is O=C(NCCNC(=O)c1ccccc1C(F)(F)F)c1cc(O)c(O)c(O)c1.